The number of aromatic nitrogens is 4. The van der Waals surface area contributed by atoms with Crippen LogP contribution in [-0.2, 0) is 16.1 Å². The van der Waals surface area contributed by atoms with Gasteiger partial charge in [-0.25, -0.2) is 4.98 Å². The smallest absolute Gasteiger partial charge is 0.238 e. The summed E-state index contributed by atoms with van der Waals surface area (Å²) >= 11 is 3.49. The minimum absolute atomic E-state index is 0.147. The van der Waals surface area contributed by atoms with E-state index < -0.39 is 12.0 Å². The second-order valence-electron chi connectivity index (χ2n) is 7.14. The zero-order chi connectivity index (χ0) is 21.3. The van der Waals surface area contributed by atoms with Crippen molar-refractivity contribution in [3.8, 4) is 0 Å². The minimum atomic E-state index is -0.584. The molecule has 1 unspecified atom stereocenters. The number of aliphatic hydroxyl groups excluding tert-OH is 1. The number of nitrogens with one attached hydrogen (secondary N) is 2. The Balaban J connectivity index is 1.80. The van der Waals surface area contributed by atoms with Crippen molar-refractivity contribution >= 4 is 44.5 Å². The van der Waals surface area contributed by atoms with E-state index >= 15 is 0 Å². The summed E-state index contributed by atoms with van der Waals surface area (Å²) < 4.78 is 8.06. The topological polar surface area (TPSA) is 114 Å². The van der Waals surface area contributed by atoms with Gasteiger partial charge in [0.25, 0.3) is 0 Å². The maximum absolute atomic E-state index is 12.9. The van der Waals surface area contributed by atoms with Crippen LogP contribution in [0.15, 0.2) is 28.9 Å². The molecule has 0 radical (unpaired) electrons. The van der Waals surface area contributed by atoms with E-state index in [-0.39, 0.29) is 12.5 Å². The first kappa shape index (κ1) is 20.7. The highest BCUT2D eigenvalue weighted by molar-refractivity contribution is 9.10. The third-order valence-electron chi connectivity index (χ3n) is 4.80. The number of anilines is 2. The molecule has 0 saturated carbocycles. The number of carbonyl (C=O) groups is 1. The van der Waals surface area contributed by atoms with Crippen LogP contribution >= 0.6 is 15.9 Å². The molecule has 3 heterocycles. The number of amides is 1. The average molecular weight is 475 g/mol. The Bertz CT molecular complexity index is 1080. The van der Waals surface area contributed by atoms with Gasteiger partial charge in [-0.2, -0.15) is 10.1 Å². The monoisotopic (exact) mass is 474 g/mol. The van der Waals surface area contributed by atoms with E-state index in [9.17, 15) is 9.90 Å². The zero-order valence-corrected chi connectivity index (χ0v) is 18.3. The Hall–Kier alpha value is -2.56. The SMILES string of the molecule is CCOCCn1cc2c(C3C(=O)Nc4ccc(Br)cc43)nc(NC[C@H](C)O)nc2n1. The Kier molecular flexibility index (Phi) is 5.98. The van der Waals surface area contributed by atoms with Crippen LogP contribution < -0.4 is 10.6 Å². The molecule has 0 bridgehead atoms. The molecule has 1 aliphatic heterocycles. The van der Waals surface area contributed by atoms with Gasteiger partial charge in [-0.15, -0.1) is 0 Å². The molecule has 0 spiro atoms. The van der Waals surface area contributed by atoms with Gasteiger partial charge < -0.3 is 20.5 Å². The highest BCUT2D eigenvalue weighted by atomic mass is 79.9. The number of nitrogens with zero attached hydrogens (tertiary/aromatic N) is 4. The molecular weight excluding hydrogens is 452 g/mol. The maximum atomic E-state index is 12.9. The number of ether oxygens (including phenoxy) is 1. The van der Waals surface area contributed by atoms with Crippen LogP contribution in [0.4, 0.5) is 11.6 Å². The van der Waals surface area contributed by atoms with Crippen LogP contribution in [0.5, 0.6) is 0 Å². The summed E-state index contributed by atoms with van der Waals surface area (Å²) in [6.07, 6.45) is 1.29. The number of aliphatic hydroxyl groups is 1. The molecule has 3 aromatic rings. The van der Waals surface area contributed by atoms with Crippen molar-refractivity contribution < 1.29 is 14.6 Å². The molecule has 1 amide bonds. The van der Waals surface area contributed by atoms with Crippen LogP contribution in [0, 0.1) is 0 Å². The predicted molar refractivity (Wildman–Crippen MR) is 117 cm³/mol. The third kappa shape index (κ3) is 4.16. The van der Waals surface area contributed by atoms with Gasteiger partial charge in [0.2, 0.25) is 11.9 Å². The van der Waals surface area contributed by atoms with E-state index in [4.69, 9.17) is 4.74 Å². The molecule has 0 saturated heterocycles. The fourth-order valence-electron chi connectivity index (χ4n) is 3.43. The van der Waals surface area contributed by atoms with Gasteiger partial charge in [-0.3, -0.25) is 9.48 Å². The van der Waals surface area contributed by atoms with Gasteiger partial charge in [0, 0.05) is 29.5 Å². The standard InChI is InChI=1S/C20H23BrN6O3/c1-3-30-7-6-27-10-14-17(24-20(22-9-11(2)28)25-18(14)26-27)16-13-8-12(21)4-5-15(13)23-19(16)29/h4-5,8,10-11,16,28H,3,6-7,9H2,1-2H3,(H,23,29)(H,22,25,26)/t11-,16?/m0/s1. The van der Waals surface area contributed by atoms with Crippen molar-refractivity contribution in [2.75, 3.05) is 30.4 Å². The number of halogens is 1. The van der Waals surface area contributed by atoms with Crippen LogP contribution in [0.1, 0.15) is 31.0 Å². The number of benzene rings is 1. The van der Waals surface area contributed by atoms with Gasteiger partial charge in [-0.1, -0.05) is 15.9 Å². The zero-order valence-electron chi connectivity index (χ0n) is 16.7. The normalized spacial score (nSPS) is 16.5. The Morgan fingerprint density at radius 3 is 3.00 bits per heavy atom. The molecule has 0 fully saturated rings. The van der Waals surface area contributed by atoms with E-state index in [0.717, 1.165) is 15.7 Å². The van der Waals surface area contributed by atoms with Crippen LogP contribution in [-0.4, -0.2) is 56.6 Å². The Morgan fingerprint density at radius 1 is 1.40 bits per heavy atom. The average Bonchev–Trinajstić information content (AvgIpc) is 3.25. The third-order valence-corrected chi connectivity index (χ3v) is 5.29. The van der Waals surface area contributed by atoms with Crippen LogP contribution in [0.3, 0.4) is 0 Å². The molecule has 2 aromatic heterocycles. The van der Waals surface area contributed by atoms with Gasteiger partial charge >= 0.3 is 0 Å². The number of hydrogen-bond acceptors (Lipinski definition) is 7. The molecule has 158 valence electrons. The van der Waals surface area contributed by atoms with E-state index in [1.165, 1.54) is 0 Å². The molecule has 30 heavy (non-hydrogen) atoms. The second kappa shape index (κ2) is 8.66. The summed E-state index contributed by atoms with van der Waals surface area (Å²) in [5.41, 5.74) is 2.67. The molecule has 0 aliphatic carbocycles. The fraction of sp³-hybridized carbons (Fsp3) is 0.400. The first-order valence-corrected chi connectivity index (χ1v) is 10.6. The summed E-state index contributed by atoms with van der Waals surface area (Å²) in [6, 6.07) is 5.68. The van der Waals surface area contributed by atoms with E-state index in [0.29, 0.717) is 42.4 Å². The maximum Gasteiger partial charge on any atom is 0.238 e. The highest BCUT2D eigenvalue weighted by Gasteiger charge is 2.35. The van der Waals surface area contributed by atoms with Crippen LogP contribution in [0.2, 0.25) is 0 Å². The van der Waals surface area contributed by atoms with Crippen molar-refractivity contribution in [3.63, 3.8) is 0 Å². The number of carbonyl (C=O) groups excluding carboxylic acids is 1. The first-order chi connectivity index (χ1) is 14.5. The second-order valence-corrected chi connectivity index (χ2v) is 8.06. The lowest BCUT2D eigenvalue weighted by molar-refractivity contribution is -0.116. The van der Waals surface area contributed by atoms with E-state index in [2.05, 4.69) is 41.6 Å². The molecule has 4 rings (SSSR count). The molecule has 3 N–H and O–H groups in total. The lowest BCUT2D eigenvalue weighted by atomic mass is 9.95. The van der Waals surface area contributed by atoms with Crippen molar-refractivity contribution in [2.45, 2.75) is 32.4 Å². The predicted octanol–water partition coefficient (Wildman–Crippen LogP) is 2.50. The van der Waals surface area contributed by atoms with Gasteiger partial charge in [0.05, 0.1) is 30.3 Å². The largest absolute Gasteiger partial charge is 0.392 e. The van der Waals surface area contributed by atoms with Gasteiger partial charge in [-0.05, 0) is 37.6 Å². The van der Waals surface area contributed by atoms with Crippen LogP contribution in [0.25, 0.3) is 11.0 Å². The number of rotatable bonds is 8. The Labute approximate surface area is 182 Å². The molecule has 9 nitrogen and oxygen atoms in total. The summed E-state index contributed by atoms with van der Waals surface area (Å²) in [5.74, 6) is -0.406. The first-order valence-electron chi connectivity index (χ1n) is 9.81. The summed E-state index contributed by atoms with van der Waals surface area (Å²) in [4.78, 5) is 22.0. The van der Waals surface area contributed by atoms with Gasteiger partial charge in [0.15, 0.2) is 5.65 Å². The van der Waals surface area contributed by atoms with Crippen molar-refractivity contribution in [1.29, 1.82) is 0 Å². The van der Waals surface area contributed by atoms with Gasteiger partial charge in [0.1, 0.15) is 5.92 Å². The molecular formula is C20H23BrN6O3. The van der Waals surface area contributed by atoms with E-state index in [1.54, 1.807) is 11.6 Å². The van der Waals surface area contributed by atoms with Crippen molar-refractivity contribution in [2.24, 2.45) is 0 Å². The lowest BCUT2D eigenvalue weighted by Gasteiger charge is -2.12. The Morgan fingerprint density at radius 2 is 2.23 bits per heavy atom. The summed E-state index contributed by atoms with van der Waals surface area (Å²) in [7, 11) is 0. The molecule has 2 atom stereocenters. The molecule has 1 aromatic carbocycles. The summed E-state index contributed by atoms with van der Waals surface area (Å²) in [5, 5.41) is 20.8. The van der Waals surface area contributed by atoms with E-state index in [1.807, 2.05) is 31.3 Å². The minimum Gasteiger partial charge on any atom is -0.392 e. The number of hydrogen-bond donors (Lipinski definition) is 3. The summed E-state index contributed by atoms with van der Waals surface area (Å²) in [6.45, 7) is 5.63. The lowest BCUT2D eigenvalue weighted by Crippen LogP contribution is -2.19. The fourth-order valence-corrected chi connectivity index (χ4v) is 3.81. The quantitative estimate of drug-likeness (QED) is 0.429. The highest BCUT2D eigenvalue weighted by Crippen LogP contribution is 2.40. The van der Waals surface area contributed by atoms with Crippen molar-refractivity contribution in [3.05, 3.63) is 40.1 Å². The molecule has 10 heteroatoms. The van der Waals surface area contributed by atoms with Crippen molar-refractivity contribution in [1.82, 2.24) is 19.7 Å². The molecule has 1 aliphatic rings. The number of fused-ring (bicyclic) bond motifs is 2.